The maximum atomic E-state index is 11.4. The number of hydrogen-bond donors (Lipinski definition) is 0. The molecule has 0 aromatic carbocycles. The summed E-state index contributed by atoms with van der Waals surface area (Å²) in [6, 6.07) is 0.381. The van der Waals surface area contributed by atoms with Crippen LogP contribution < -0.4 is 0 Å². The Labute approximate surface area is 67.2 Å². The molecular formula is C4H7F3SiZr+2. The average molecular weight is 231 g/mol. The Morgan fingerprint density at radius 1 is 1.44 bits per heavy atom. The Bertz CT molecular complexity index is 109. The fourth-order valence-electron chi connectivity index (χ4n) is 0.329. The Hall–Kier alpha value is 0.890. The van der Waals surface area contributed by atoms with Gasteiger partial charge in [0.15, 0.2) is 0 Å². The van der Waals surface area contributed by atoms with Crippen LogP contribution in [0.5, 0.6) is 0 Å². The monoisotopic (exact) mass is 230 g/mol. The van der Waals surface area contributed by atoms with Gasteiger partial charge >= 0.3 is 67.1 Å². The van der Waals surface area contributed by atoms with E-state index in [2.05, 4.69) is 0 Å². The van der Waals surface area contributed by atoms with E-state index < -0.39 is 18.0 Å². The van der Waals surface area contributed by atoms with Gasteiger partial charge in [-0.3, -0.25) is 0 Å². The molecule has 0 bridgehead atoms. The van der Waals surface area contributed by atoms with E-state index >= 15 is 0 Å². The van der Waals surface area contributed by atoms with E-state index in [9.17, 15) is 13.2 Å². The van der Waals surface area contributed by atoms with Gasteiger partial charge in [0.1, 0.15) is 0 Å². The third kappa shape index (κ3) is 8.89. The van der Waals surface area contributed by atoms with Gasteiger partial charge in [-0.05, 0) is 0 Å². The van der Waals surface area contributed by atoms with Gasteiger partial charge in [-0.2, -0.15) is 0 Å². The molecule has 0 rings (SSSR count). The molecule has 0 N–H and O–H groups in total. The fraction of sp³-hybridized carbons (Fsp3) is 1.00. The van der Waals surface area contributed by atoms with Crippen LogP contribution in [0.2, 0.25) is 12.6 Å². The predicted octanol–water partition coefficient (Wildman–Crippen LogP) is 2.11. The molecule has 0 nitrogen and oxygen atoms in total. The quantitative estimate of drug-likeness (QED) is 0.639. The Balaban J connectivity index is 3.39. The van der Waals surface area contributed by atoms with Crippen LogP contribution in [0.25, 0.3) is 0 Å². The summed E-state index contributed by atoms with van der Waals surface area (Å²) in [6.45, 7) is 1.93. The summed E-state index contributed by atoms with van der Waals surface area (Å²) >= 11 is 1.29. The molecular weight excluding hydrogens is 224 g/mol. The molecule has 9 heavy (non-hydrogen) atoms. The number of rotatable bonds is 2. The standard InChI is InChI=1S/C4H7F3Si.Zr/c1-8-3-2-4(5,6)7;/h2-3H2,1H3;/q;+2. The Kier molecular flexibility index (Phi) is 4.30. The number of hydrogen-bond acceptors (Lipinski definition) is 0. The van der Waals surface area contributed by atoms with Crippen LogP contribution in [0.15, 0.2) is 0 Å². The zero-order valence-electron chi connectivity index (χ0n) is 5.05. The van der Waals surface area contributed by atoms with Crippen molar-refractivity contribution in [3.05, 3.63) is 0 Å². The molecule has 0 aromatic heterocycles. The van der Waals surface area contributed by atoms with Gasteiger partial charge in [0.25, 0.3) is 0 Å². The third-order valence-corrected chi connectivity index (χ3v) is 3.63. The van der Waals surface area contributed by atoms with Gasteiger partial charge in [0.2, 0.25) is 0 Å². The molecule has 5 heteroatoms. The van der Waals surface area contributed by atoms with E-state index in [4.69, 9.17) is 0 Å². The van der Waals surface area contributed by atoms with Crippen molar-refractivity contribution >= 4 is 5.43 Å². The summed E-state index contributed by atoms with van der Waals surface area (Å²) in [5.74, 6) is 0. The van der Waals surface area contributed by atoms with Crippen LogP contribution in [0.4, 0.5) is 13.2 Å². The van der Waals surface area contributed by atoms with E-state index in [0.717, 1.165) is 0 Å². The predicted molar refractivity (Wildman–Crippen MR) is 27.1 cm³/mol. The molecule has 0 radical (unpaired) electrons. The molecule has 0 saturated heterocycles. The van der Waals surface area contributed by atoms with E-state index in [-0.39, 0.29) is 0 Å². The summed E-state index contributed by atoms with van der Waals surface area (Å²) in [6.07, 6.45) is -4.51. The summed E-state index contributed by atoms with van der Waals surface area (Å²) in [5.41, 5.74) is -0.598. The van der Waals surface area contributed by atoms with Gasteiger partial charge in [-0.25, -0.2) is 0 Å². The van der Waals surface area contributed by atoms with Gasteiger partial charge < -0.3 is 0 Å². The molecule has 0 spiro atoms. The fourth-order valence-corrected chi connectivity index (χ4v) is 1.91. The molecule has 0 heterocycles. The summed E-state index contributed by atoms with van der Waals surface area (Å²) < 4.78 is 34.3. The minimum atomic E-state index is -3.93. The van der Waals surface area contributed by atoms with Gasteiger partial charge in [0.05, 0.1) is 0 Å². The van der Waals surface area contributed by atoms with E-state index in [1.54, 1.807) is 0 Å². The molecule has 50 valence electrons. The van der Waals surface area contributed by atoms with Crippen molar-refractivity contribution in [2.24, 2.45) is 0 Å². The van der Waals surface area contributed by atoms with Crippen molar-refractivity contribution in [3.63, 3.8) is 0 Å². The number of halogens is 3. The normalized spacial score (nSPS) is 11.8. The second-order valence-corrected chi connectivity index (χ2v) is 10.3. The van der Waals surface area contributed by atoms with Crippen molar-refractivity contribution in [2.45, 2.75) is 25.2 Å². The van der Waals surface area contributed by atoms with Gasteiger partial charge in [-0.1, -0.05) is 0 Å². The molecule has 0 unspecified atom stereocenters. The first-order valence-corrected chi connectivity index (χ1v) is 8.42. The van der Waals surface area contributed by atoms with Crippen LogP contribution >= 0.6 is 0 Å². The molecule has 0 aliphatic carbocycles. The van der Waals surface area contributed by atoms with Crippen LogP contribution in [-0.4, -0.2) is 11.6 Å². The molecule has 0 aliphatic rings. The Morgan fingerprint density at radius 3 is 2.00 bits per heavy atom. The molecule has 0 aromatic rings. The first-order chi connectivity index (χ1) is 3.92. The summed E-state index contributed by atoms with van der Waals surface area (Å²) in [7, 11) is 0. The van der Waals surface area contributed by atoms with Gasteiger partial charge in [0, 0.05) is 0 Å². The number of alkyl halides is 3. The van der Waals surface area contributed by atoms with Crippen LogP contribution in [-0.2, 0) is 23.3 Å². The molecule has 0 atom stereocenters. The zero-order chi connectivity index (χ0) is 7.49. The second kappa shape index (κ2) is 3.91. The van der Waals surface area contributed by atoms with Crippen molar-refractivity contribution in [2.75, 3.05) is 0 Å². The SMILES string of the molecule is C[Si](=[Zr+2])CCC(F)(F)F. The minimum absolute atomic E-state index is 0.381. The molecule has 0 fully saturated rings. The zero-order valence-corrected chi connectivity index (χ0v) is 8.51. The Morgan fingerprint density at radius 2 is 1.89 bits per heavy atom. The second-order valence-electron chi connectivity index (χ2n) is 1.90. The van der Waals surface area contributed by atoms with Crippen LogP contribution in [0.3, 0.4) is 0 Å². The van der Waals surface area contributed by atoms with Crippen LogP contribution in [0, 0.1) is 0 Å². The van der Waals surface area contributed by atoms with Crippen LogP contribution in [0.1, 0.15) is 6.42 Å². The average Bonchev–Trinajstić information content (AvgIpc) is 1.59. The van der Waals surface area contributed by atoms with Crippen molar-refractivity contribution in [3.8, 4) is 0 Å². The maximum absolute atomic E-state index is 11.4. The van der Waals surface area contributed by atoms with Crippen molar-refractivity contribution in [1.29, 1.82) is 0 Å². The van der Waals surface area contributed by atoms with Crippen molar-refractivity contribution in [1.82, 2.24) is 0 Å². The molecule has 0 saturated carbocycles. The van der Waals surface area contributed by atoms with E-state index in [0.29, 0.717) is 6.04 Å². The first-order valence-electron chi connectivity index (χ1n) is 2.52. The molecule has 0 aliphatic heterocycles. The first kappa shape index (κ1) is 9.89. The topological polar surface area (TPSA) is 0 Å². The van der Waals surface area contributed by atoms with Gasteiger partial charge in [-0.15, -0.1) is 0 Å². The van der Waals surface area contributed by atoms with E-state index in [1.165, 1.54) is 23.3 Å². The third-order valence-electron chi connectivity index (χ3n) is 0.783. The summed E-state index contributed by atoms with van der Waals surface area (Å²) in [4.78, 5) is 0. The summed E-state index contributed by atoms with van der Waals surface area (Å²) in [5, 5.41) is 0. The van der Waals surface area contributed by atoms with E-state index in [1.807, 2.05) is 6.55 Å². The van der Waals surface area contributed by atoms with Crippen molar-refractivity contribution < 1.29 is 36.5 Å². The molecule has 0 amide bonds.